The molecule has 2 aromatic rings. The number of carbonyl (C=O) groups excluding carboxylic acids is 1. The maximum absolute atomic E-state index is 14.5. The van der Waals surface area contributed by atoms with Gasteiger partial charge in [0.2, 0.25) is 0 Å². The van der Waals surface area contributed by atoms with E-state index in [9.17, 15) is 22.4 Å². The van der Waals surface area contributed by atoms with Crippen molar-refractivity contribution in [2.24, 2.45) is 5.92 Å². The van der Waals surface area contributed by atoms with Crippen molar-refractivity contribution in [3.05, 3.63) is 64.7 Å². The van der Waals surface area contributed by atoms with Crippen LogP contribution in [0.5, 0.6) is 5.75 Å². The second kappa shape index (κ2) is 12.1. The van der Waals surface area contributed by atoms with Crippen molar-refractivity contribution in [3.63, 3.8) is 0 Å². The summed E-state index contributed by atoms with van der Waals surface area (Å²) in [5.41, 5.74) is 0.489. The SMILES string of the molecule is CCC1CCC(c2ccc(C(=O)Oc3cc(F)c(F)c(F)c3)cc2F)CC1.I.[H-].[K+]. The van der Waals surface area contributed by atoms with Gasteiger partial charge < -0.3 is 6.16 Å². The van der Waals surface area contributed by atoms with Crippen molar-refractivity contribution in [2.75, 3.05) is 0 Å². The smallest absolute Gasteiger partial charge is 1.00 e. The van der Waals surface area contributed by atoms with E-state index in [2.05, 4.69) is 6.92 Å². The Bertz CT molecular complexity index is 838. The molecule has 1 fully saturated rings. The van der Waals surface area contributed by atoms with Crippen LogP contribution in [-0.4, -0.2) is 5.97 Å². The van der Waals surface area contributed by atoms with Crippen LogP contribution in [0.4, 0.5) is 17.6 Å². The molecule has 29 heavy (non-hydrogen) atoms. The van der Waals surface area contributed by atoms with Gasteiger partial charge in [0.05, 0.1) is 5.56 Å². The number of benzene rings is 2. The van der Waals surface area contributed by atoms with E-state index in [-0.39, 0.29) is 88.3 Å². The molecule has 0 unspecified atom stereocenters. The van der Waals surface area contributed by atoms with E-state index in [1.165, 1.54) is 6.07 Å². The van der Waals surface area contributed by atoms with Gasteiger partial charge in [-0.15, -0.1) is 24.0 Å². The predicted molar refractivity (Wildman–Crippen MR) is 109 cm³/mol. The Morgan fingerprint density at radius 1 is 1.00 bits per heavy atom. The Hall–Kier alpha value is -0.00364. The molecule has 2 aromatic carbocycles. The maximum Gasteiger partial charge on any atom is 1.00 e. The molecule has 0 radical (unpaired) electrons. The molecule has 3 rings (SSSR count). The minimum Gasteiger partial charge on any atom is -1.00 e. The van der Waals surface area contributed by atoms with Crippen LogP contribution < -0.4 is 56.1 Å². The number of hydrogen-bond donors (Lipinski definition) is 0. The Morgan fingerprint density at radius 2 is 1.59 bits per heavy atom. The summed E-state index contributed by atoms with van der Waals surface area (Å²) in [6.45, 7) is 2.16. The monoisotopic (exact) mass is 548 g/mol. The van der Waals surface area contributed by atoms with Crippen LogP contribution in [0.1, 0.15) is 62.3 Å². The van der Waals surface area contributed by atoms with Crippen LogP contribution in [0.3, 0.4) is 0 Å². The minimum atomic E-state index is -1.65. The fourth-order valence-electron chi connectivity index (χ4n) is 3.62. The quantitative estimate of drug-likeness (QED) is 0.145. The normalized spacial score (nSPS) is 18.4. The average molecular weight is 548 g/mol. The molecule has 0 aliphatic heterocycles. The van der Waals surface area contributed by atoms with Crippen LogP contribution in [0, 0.1) is 29.2 Å². The fourth-order valence-corrected chi connectivity index (χ4v) is 3.62. The van der Waals surface area contributed by atoms with Crippen molar-refractivity contribution in [1.82, 2.24) is 0 Å². The molecular formula is C21H22F4IKO2. The minimum absolute atomic E-state index is 0. The van der Waals surface area contributed by atoms with Crippen molar-refractivity contribution < 1.29 is 79.9 Å². The summed E-state index contributed by atoms with van der Waals surface area (Å²) in [6, 6.07) is 5.19. The molecule has 0 aromatic heterocycles. The van der Waals surface area contributed by atoms with E-state index in [1.54, 1.807) is 6.07 Å². The average Bonchev–Trinajstić information content (AvgIpc) is 2.66. The van der Waals surface area contributed by atoms with Gasteiger partial charge in [0.1, 0.15) is 11.6 Å². The first kappa shape index (κ1) is 27.0. The molecular weight excluding hydrogens is 526 g/mol. The number of esters is 1. The van der Waals surface area contributed by atoms with Gasteiger partial charge in [0.15, 0.2) is 17.5 Å². The van der Waals surface area contributed by atoms with Crippen molar-refractivity contribution in [1.29, 1.82) is 0 Å². The zero-order valence-corrected chi connectivity index (χ0v) is 21.8. The maximum atomic E-state index is 14.5. The van der Waals surface area contributed by atoms with E-state index in [4.69, 9.17) is 4.74 Å². The summed E-state index contributed by atoms with van der Waals surface area (Å²) < 4.78 is 58.7. The molecule has 0 bridgehead atoms. The molecule has 0 N–H and O–H groups in total. The second-order valence-electron chi connectivity index (χ2n) is 6.95. The number of rotatable bonds is 4. The van der Waals surface area contributed by atoms with Crippen molar-refractivity contribution in [2.45, 2.75) is 44.9 Å². The van der Waals surface area contributed by atoms with E-state index in [0.29, 0.717) is 23.6 Å². The Labute approximate surface area is 228 Å². The van der Waals surface area contributed by atoms with E-state index >= 15 is 0 Å². The van der Waals surface area contributed by atoms with E-state index in [0.717, 1.165) is 38.2 Å². The Balaban J connectivity index is 0.00000280. The van der Waals surface area contributed by atoms with Crippen LogP contribution in [0.15, 0.2) is 30.3 Å². The molecule has 1 saturated carbocycles. The molecule has 2 nitrogen and oxygen atoms in total. The van der Waals surface area contributed by atoms with Crippen LogP contribution in [0.2, 0.25) is 0 Å². The van der Waals surface area contributed by atoms with Gasteiger partial charge in [-0.3, -0.25) is 0 Å². The van der Waals surface area contributed by atoms with Gasteiger partial charge in [0.25, 0.3) is 0 Å². The van der Waals surface area contributed by atoms with Crippen LogP contribution in [0.25, 0.3) is 0 Å². The number of halogens is 5. The number of ether oxygens (including phenoxy) is 1. The molecule has 154 valence electrons. The van der Waals surface area contributed by atoms with Gasteiger partial charge in [-0.05, 0) is 55.2 Å². The third-order valence-electron chi connectivity index (χ3n) is 5.27. The summed E-state index contributed by atoms with van der Waals surface area (Å²) >= 11 is 0. The van der Waals surface area contributed by atoms with Crippen LogP contribution in [-0.2, 0) is 0 Å². The molecule has 0 spiro atoms. The van der Waals surface area contributed by atoms with Gasteiger partial charge in [0, 0.05) is 12.1 Å². The largest absolute Gasteiger partial charge is 1.00 e. The zero-order chi connectivity index (χ0) is 19.6. The van der Waals surface area contributed by atoms with Crippen molar-refractivity contribution >= 4 is 29.9 Å². The first-order valence-electron chi connectivity index (χ1n) is 9.05. The zero-order valence-electron chi connectivity index (χ0n) is 17.3. The topological polar surface area (TPSA) is 26.3 Å². The number of carbonyl (C=O) groups is 1. The van der Waals surface area contributed by atoms with Gasteiger partial charge in [-0.25, -0.2) is 22.4 Å². The molecule has 0 atom stereocenters. The third kappa shape index (κ3) is 6.74. The van der Waals surface area contributed by atoms with E-state index < -0.39 is 35.0 Å². The summed E-state index contributed by atoms with van der Waals surface area (Å²) in [6.07, 6.45) is 5.07. The van der Waals surface area contributed by atoms with E-state index in [1.807, 2.05) is 0 Å². The predicted octanol–water partition coefficient (Wildman–Crippen LogP) is 3.88. The molecule has 1 aliphatic carbocycles. The first-order chi connectivity index (χ1) is 12.9. The standard InChI is InChI=1S/C21H20F4O2.HI.K.H/c1-2-12-3-5-13(6-4-12)16-8-7-14(9-17(16)22)21(26)27-15-10-18(23)20(25)19(24)11-15;;;/h7-13H,2-6H2,1H3;1H;;/q;;+1;-1. The molecule has 0 heterocycles. The third-order valence-corrected chi connectivity index (χ3v) is 5.27. The summed E-state index contributed by atoms with van der Waals surface area (Å²) in [5.74, 6) is -5.74. The second-order valence-corrected chi connectivity index (χ2v) is 6.95. The fraction of sp³-hybridized carbons (Fsp3) is 0.381. The van der Waals surface area contributed by atoms with Gasteiger partial charge in [-0.1, -0.05) is 19.4 Å². The summed E-state index contributed by atoms with van der Waals surface area (Å²) in [7, 11) is 0. The molecule has 1 aliphatic rings. The molecule has 8 heteroatoms. The molecule has 0 amide bonds. The van der Waals surface area contributed by atoms with Gasteiger partial charge >= 0.3 is 57.4 Å². The van der Waals surface area contributed by atoms with Crippen LogP contribution >= 0.6 is 24.0 Å². The Morgan fingerprint density at radius 3 is 2.10 bits per heavy atom. The summed E-state index contributed by atoms with van der Waals surface area (Å²) in [5, 5.41) is 0. The number of hydrogen-bond acceptors (Lipinski definition) is 2. The first-order valence-corrected chi connectivity index (χ1v) is 9.05. The van der Waals surface area contributed by atoms with Gasteiger partial charge in [-0.2, -0.15) is 0 Å². The molecule has 0 saturated heterocycles. The van der Waals surface area contributed by atoms with Crippen molar-refractivity contribution in [3.8, 4) is 5.75 Å². The Kier molecular flexibility index (Phi) is 11.3. The summed E-state index contributed by atoms with van der Waals surface area (Å²) in [4.78, 5) is 12.1.